The van der Waals surface area contributed by atoms with E-state index >= 15 is 0 Å². The van der Waals surface area contributed by atoms with Gasteiger partial charge >= 0.3 is 0 Å². The number of nitrogens with one attached hydrogen (secondary N) is 1. The first-order valence-corrected chi connectivity index (χ1v) is 4.86. The van der Waals surface area contributed by atoms with Gasteiger partial charge in [-0.1, -0.05) is 0 Å². The highest BCUT2D eigenvalue weighted by molar-refractivity contribution is 4.78. The first-order chi connectivity index (χ1) is 6.49. The van der Waals surface area contributed by atoms with Gasteiger partial charge in [0, 0.05) is 12.8 Å². The van der Waals surface area contributed by atoms with Gasteiger partial charge < -0.3 is 5.32 Å². The van der Waals surface area contributed by atoms with Crippen LogP contribution in [0.5, 0.6) is 0 Å². The molecule has 0 saturated heterocycles. The van der Waals surface area contributed by atoms with Crippen molar-refractivity contribution in [2.75, 3.05) is 13.1 Å². The zero-order valence-corrected chi connectivity index (χ0v) is 7.91. The Morgan fingerprint density at radius 3 is 2.29 bits per heavy atom. The molecule has 1 aliphatic carbocycles. The molecule has 0 bridgehead atoms. The van der Waals surface area contributed by atoms with E-state index in [1.165, 1.54) is 0 Å². The van der Waals surface area contributed by atoms with Crippen molar-refractivity contribution in [2.45, 2.75) is 38.0 Å². The van der Waals surface area contributed by atoms with E-state index in [-0.39, 0.29) is 25.3 Å². The van der Waals surface area contributed by atoms with Gasteiger partial charge in [0.05, 0.1) is 6.54 Å². The predicted octanol–water partition coefficient (Wildman–Crippen LogP) is 2.67. The lowest BCUT2D eigenvalue weighted by molar-refractivity contribution is -0.0457. The average Bonchev–Trinajstić information content (AvgIpc) is 2.07. The van der Waals surface area contributed by atoms with Gasteiger partial charge in [0.25, 0.3) is 6.43 Å². The highest BCUT2D eigenvalue weighted by atomic mass is 19.3. The summed E-state index contributed by atoms with van der Waals surface area (Å²) in [5, 5.41) is 2.59. The highest BCUT2D eigenvalue weighted by Gasteiger charge is 2.34. The summed E-state index contributed by atoms with van der Waals surface area (Å²) in [5.74, 6) is -2.40. The van der Waals surface area contributed by atoms with Crippen LogP contribution in [-0.4, -0.2) is 25.4 Å². The van der Waals surface area contributed by atoms with Crippen molar-refractivity contribution in [1.82, 2.24) is 5.32 Å². The highest BCUT2D eigenvalue weighted by Crippen LogP contribution is 2.35. The van der Waals surface area contributed by atoms with Gasteiger partial charge in [-0.3, -0.25) is 0 Å². The summed E-state index contributed by atoms with van der Waals surface area (Å²) in [6, 6.07) is 0. The summed E-state index contributed by atoms with van der Waals surface area (Å²) in [6.45, 7) is 0.0906. The third-order valence-electron chi connectivity index (χ3n) is 2.57. The standard InChI is InChI=1S/C9H15F4N/c10-8(11)6-14-5-7-1-3-9(12,13)4-2-7/h7-8,14H,1-6H2. The van der Waals surface area contributed by atoms with Crippen LogP contribution in [0, 0.1) is 5.92 Å². The van der Waals surface area contributed by atoms with E-state index in [4.69, 9.17) is 0 Å². The van der Waals surface area contributed by atoms with Crippen molar-refractivity contribution in [3.8, 4) is 0 Å². The zero-order chi connectivity index (χ0) is 10.6. The molecule has 5 heteroatoms. The van der Waals surface area contributed by atoms with Crippen LogP contribution in [0.3, 0.4) is 0 Å². The van der Waals surface area contributed by atoms with Crippen molar-refractivity contribution in [3.05, 3.63) is 0 Å². The Labute approximate surface area is 80.9 Å². The largest absolute Gasteiger partial charge is 0.311 e. The summed E-state index contributed by atoms with van der Waals surface area (Å²) in [4.78, 5) is 0. The smallest absolute Gasteiger partial charge is 0.250 e. The van der Waals surface area contributed by atoms with E-state index in [2.05, 4.69) is 5.32 Å². The lowest BCUT2D eigenvalue weighted by Gasteiger charge is -2.28. The maximum Gasteiger partial charge on any atom is 0.250 e. The summed E-state index contributed by atoms with van der Waals surface area (Å²) >= 11 is 0. The van der Waals surface area contributed by atoms with Gasteiger partial charge in [0.2, 0.25) is 5.92 Å². The molecule has 1 aliphatic rings. The van der Waals surface area contributed by atoms with Gasteiger partial charge in [0.15, 0.2) is 0 Å². The molecular formula is C9H15F4N. The van der Waals surface area contributed by atoms with Crippen LogP contribution in [0.2, 0.25) is 0 Å². The predicted molar refractivity (Wildman–Crippen MR) is 45.8 cm³/mol. The van der Waals surface area contributed by atoms with Crippen molar-refractivity contribution < 1.29 is 17.6 Å². The van der Waals surface area contributed by atoms with Crippen LogP contribution >= 0.6 is 0 Å². The molecule has 0 amide bonds. The molecule has 0 atom stereocenters. The molecule has 0 aromatic rings. The van der Waals surface area contributed by atoms with Crippen molar-refractivity contribution in [2.24, 2.45) is 5.92 Å². The van der Waals surface area contributed by atoms with E-state index < -0.39 is 12.3 Å². The van der Waals surface area contributed by atoms with Crippen LogP contribution in [0.25, 0.3) is 0 Å². The molecule has 84 valence electrons. The van der Waals surface area contributed by atoms with Crippen LogP contribution < -0.4 is 5.32 Å². The quantitative estimate of drug-likeness (QED) is 0.708. The second-order valence-corrected chi connectivity index (χ2v) is 3.85. The third-order valence-corrected chi connectivity index (χ3v) is 2.57. The molecule has 0 aromatic carbocycles. The minimum Gasteiger partial charge on any atom is -0.311 e. The van der Waals surface area contributed by atoms with Crippen LogP contribution in [0.15, 0.2) is 0 Å². The average molecular weight is 213 g/mol. The number of halogens is 4. The van der Waals surface area contributed by atoms with Crippen molar-refractivity contribution in [3.63, 3.8) is 0 Å². The second-order valence-electron chi connectivity index (χ2n) is 3.85. The van der Waals surface area contributed by atoms with E-state index in [1.807, 2.05) is 0 Å². The molecular weight excluding hydrogens is 198 g/mol. The third kappa shape index (κ3) is 4.26. The monoisotopic (exact) mass is 213 g/mol. The summed E-state index contributed by atoms with van der Waals surface area (Å²) in [7, 11) is 0. The van der Waals surface area contributed by atoms with Crippen LogP contribution in [0.1, 0.15) is 25.7 Å². The Balaban J connectivity index is 2.10. The normalized spacial score (nSPS) is 22.9. The topological polar surface area (TPSA) is 12.0 Å². The van der Waals surface area contributed by atoms with Crippen LogP contribution in [0.4, 0.5) is 17.6 Å². The molecule has 1 N–H and O–H groups in total. The van der Waals surface area contributed by atoms with Crippen LogP contribution in [-0.2, 0) is 0 Å². The molecule has 1 rings (SSSR count). The first kappa shape index (κ1) is 11.8. The summed E-state index contributed by atoms with van der Waals surface area (Å²) in [5.41, 5.74) is 0. The summed E-state index contributed by atoms with van der Waals surface area (Å²) in [6.07, 6.45) is -1.70. The molecule has 1 nitrogen and oxygen atoms in total. The Hall–Kier alpha value is -0.320. The molecule has 0 heterocycles. The maximum absolute atomic E-state index is 12.7. The van der Waals surface area contributed by atoms with Gasteiger partial charge in [-0.05, 0) is 25.3 Å². The fraction of sp³-hybridized carbons (Fsp3) is 1.00. The molecule has 0 spiro atoms. The summed E-state index contributed by atoms with van der Waals surface area (Å²) < 4.78 is 48.8. The first-order valence-electron chi connectivity index (χ1n) is 4.86. The molecule has 1 fully saturated rings. The SMILES string of the molecule is FC(F)CNCC1CCC(F)(F)CC1. The Kier molecular flexibility index (Phi) is 4.16. The van der Waals surface area contributed by atoms with Gasteiger partial charge in [-0.25, -0.2) is 17.6 Å². The zero-order valence-electron chi connectivity index (χ0n) is 7.91. The van der Waals surface area contributed by atoms with E-state index in [9.17, 15) is 17.6 Å². The number of hydrogen-bond donors (Lipinski definition) is 1. The number of rotatable bonds is 4. The molecule has 14 heavy (non-hydrogen) atoms. The van der Waals surface area contributed by atoms with E-state index in [1.54, 1.807) is 0 Å². The molecule has 0 radical (unpaired) electrons. The Bertz CT molecular complexity index is 162. The lowest BCUT2D eigenvalue weighted by atomic mass is 9.87. The molecule has 0 unspecified atom stereocenters. The Morgan fingerprint density at radius 1 is 1.21 bits per heavy atom. The minimum absolute atomic E-state index is 0.103. The number of hydrogen-bond acceptors (Lipinski definition) is 1. The lowest BCUT2D eigenvalue weighted by Crippen LogP contribution is -2.32. The van der Waals surface area contributed by atoms with E-state index in [0.717, 1.165) is 0 Å². The van der Waals surface area contributed by atoms with Gasteiger partial charge in [-0.15, -0.1) is 0 Å². The number of alkyl halides is 4. The molecule has 0 aromatic heterocycles. The van der Waals surface area contributed by atoms with Crippen molar-refractivity contribution >= 4 is 0 Å². The second kappa shape index (κ2) is 4.96. The van der Waals surface area contributed by atoms with E-state index in [0.29, 0.717) is 19.4 Å². The van der Waals surface area contributed by atoms with Crippen molar-refractivity contribution in [1.29, 1.82) is 0 Å². The maximum atomic E-state index is 12.7. The minimum atomic E-state index is -2.53. The molecule has 1 saturated carbocycles. The fourth-order valence-corrected chi connectivity index (χ4v) is 1.70. The van der Waals surface area contributed by atoms with Gasteiger partial charge in [0.1, 0.15) is 0 Å². The van der Waals surface area contributed by atoms with Gasteiger partial charge in [-0.2, -0.15) is 0 Å². The fourth-order valence-electron chi connectivity index (χ4n) is 1.70. The Morgan fingerprint density at radius 2 is 1.79 bits per heavy atom. The molecule has 0 aliphatic heterocycles.